The minimum atomic E-state index is -0.927. The fraction of sp³-hybridized carbons (Fsp3) is 0.143. The molecule has 231 valence electrons. The van der Waals surface area contributed by atoms with Gasteiger partial charge in [-0.2, -0.15) is 0 Å². The van der Waals surface area contributed by atoms with Gasteiger partial charge < -0.3 is 0 Å². The van der Waals surface area contributed by atoms with Crippen molar-refractivity contribution in [2.45, 2.75) is 41.5 Å². The van der Waals surface area contributed by atoms with Gasteiger partial charge in [-0.1, -0.05) is 106 Å². The summed E-state index contributed by atoms with van der Waals surface area (Å²) in [7, 11) is -1.85. The zero-order chi connectivity index (χ0) is 31.1. The van der Waals surface area contributed by atoms with Crippen LogP contribution in [0, 0.1) is 41.5 Å². The van der Waals surface area contributed by atoms with Crippen LogP contribution in [0.5, 0.6) is 0 Å². The molecular formula is C42H44CuP2+2. The van der Waals surface area contributed by atoms with Crippen molar-refractivity contribution in [3.05, 3.63) is 179 Å². The molecule has 0 N–H and O–H groups in total. The van der Waals surface area contributed by atoms with E-state index < -0.39 is 15.8 Å². The Balaban J connectivity index is 0.000000200. The van der Waals surface area contributed by atoms with Crippen molar-refractivity contribution in [2.75, 3.05) is 0 Å². The molecule has 0 unspecified atom stereocenters. The molecule has 0 aromatic heterocycles. The number of benzene rings is 6. The van der Waals surface area contributed by atoms with Crippen molar-refractivity contribution in [3.63, 3.8) is 0 Å². The van der Waals surface area contributed by atoms with Crippen LogP contribution in [0.25, 0.3) is 0 Å². The first-order valence-electron chi connectivity index (χ1n) is 15.4. The predicted octanol–water partition coefficient (Wildman–Crippen LogP) is 8.20. The van der Waals surface area contributed by atoms with Crippen molar-refractivity contribution >= 4 is 47.7 Å². The van der Waals surface area contributed by atoms with E-state index in [0.29, 0.717) is 0 Å². The first kappa shape index (κ1) is 34.6. The normalized spacial score (nSPS) is 10.7. The third-order valence-corrected chi connectivity index (χ3v) is 13.5. The zero-order valence-corrected chi connectivity index (χ0v) is 30.1. The Morgan fingerprint density at radius 1 is 0.222 bits per heavy atom. The molecule has 0 aliphatic carbocycles. The van der Waals surface area contributed by atoms with Gasteiger partial charge in [-0.05, 0) is 114 Å². The van der Waals surface area contributed by atoms with Gasteiger partial charge in [-0.25, -0.2) is 0 Å². The second-order valence-electron chi connectivity index (χ2n) is 11.9. The van der Waals surface area contributed by atoms with Gasteiger partial charge in [-0.3, -0.25) is 0 Å². The van der Waals surface area contributed by atoms with Crippen LogP contribution >= 0.6 is 15.8 Å². The summed E-state index contributed by atoms with van der Waals surface area (Å²) in [5, 5.41) is 8.69. The van der Waals surface area contributed by atoms with E-state index >= 15 is 0 Å². The monoisotopic (exact) mass is 673 g/mol. The van der Waals surface area contributed by atoms with Gasteiger partial charge in [0.2, 0.25) is 0 Å². The summed E-state index contributed by atoms with van der Waals surface area (Å²) < 4.78 is 0. The van der Waals surface area contributed by atoms with E-state index in [1.54, 1.807) is 0 Å². The Kier molecular flexibility index (Phi) is 12.5. The Hall–Kier alpha value is -3.30. The molecule has 6 rings (SSSR count). The molecule has 0 nitrogen and oxygen atoms in total. The summed E-state index contributed by atoms with van der Waals surface area (Å²) in [5.41, 5.74) is 7.91. The number of hydrogen-bond acceptors (Lipinski definition) is 0. The zero-order valence-electron chi connectivity index (χ0n) is 27.2. The van der Waals surface area contributed by atoms with Crippen LogP contribution in [0.2, 0.25) is 0 Å². The van der Waals surface area contributed by atoms with Crippen LogP contribution in [0.4, 0.5) is 0 Å². The minimum Gasteiger partial charge on any atom is -0.0554 e. The standard InChI is InChI=1S/2C21H21P.Cu/c2*1-16-4-10-19(11-5-16)22(20-12-6-17(2)7-13-20)21-14-8-18(3)9-15-21;/h2*4-15H,1-3H3;/p+2. The fourth-order valence-corrected chi connectivity index (χ4v) is 10.3. The molecule has 0 bridgehead atoms. The van der Waals surface area contributed by atoms with E-state index in [0.717, 1.165) is 0 Å². The van der Waals surface area contributed by atoms with Gasteiger partial charge in [-0.15, -0.1) is 0 Å². The van der Waals surface area contributed by atoms with Gasteiger partial charge >= 0.3 is 0 Å². The molecular weight excluding hydrogens is 630 g/mol. The first-order chi connectivity index (χ1) is 21.3. The topological polar surface area (TPSA) is 0 Å². The predicted molar refractivity (Wildman–Crippen MR) is 202 cm³/mol. The molecule has 0 aliphatic heterocycles. The van der Waals surface area contributed by atoms with Crippen molar-refractivity contribution in [1.82, 2.24) is 0 Å². The first-order valence-corrected chi connectivity index (χ1v) is 18.4. The number of rotatable bonds is 6. The van der Waals surface area contributed by atoms with Gasteiger partial charge in [0.25, 0.3) is 0 Å². The molecule has 0 saturated heterocycles. The minimum absolute atomic E-state index is 0. The molecule has 0 spiro atoms. The number of aryl methyl sites for hydroxylation is 6. The maximum atomic E-state index is 2.29. The van der Waals surface area contributed by atoms with Crippen molar-refractivity contribution in [1.29, 1.82) is 0 Å². The SMILES string of the molecule is Cc1ccc([PH+](c2ccc(C)cc2)c2ccc(C)cc2)cc1.Cc1ccc([PH+](c2ccc(C)cc2)c2ccc(C)cc2)cc1.[Cu]. The molecule has 45 heavy (non-hydrogen) atoms. The Bertz CT molecular complexity index is 1400. The van der Waals surface area contributed by atoms with Gasteiger partial charge in [0.1, 0.15) is 31.8 Å². The van der Waals surface area contributed by atoms with E-state index in [-0.39, 0.29) is 17.1 Å². The van der Waals surface area contributed by atoms with E-state index in [1.165, 1.54) is 65.2 Å². The Morgan fingerprint density at radius 3 is 0.444 bits per heavy atom. The van der Waals surface area contributed by atoms with Crippen LogP contribution in [0.15, 0.2) is 146 Å². The van der Waals surface area contributed by atoms with E-state index in [9.17, 15) is 0 Å². The molecule has 3 heteroatoms. The molecule has 0 fully saturated rings. The van der Waals surface area contributed by atoms with Gasteiger partial charge in [0.15, 0.2) is 0 Å². The maximum Gasteiger partial charge on any atom is 0.102 e. The molecule has 0 atom stereocenters. The summed E-state index contributed by atoms with van der Waals surface area (Å²) in [6, 6.07) is 54.2. The average Bonchev–Trinajstić information content (AvgIpc) is 3.03. The van der Waals surface area contributed by atoms with Gasteiger partial charge in [0, 0.05) is 17.1 Å². The van der Waals surface area contributed by atoms with Crippen molar-refractivity contribution in [2.24, 2.45) is 0 Å². The summed E-state index contributed by atoms with van der Waals surface area (Å²) in [4.78, 5) is 0. The smallest absolute Gasteiger partial charge is 0.0554 e. The van der Waals surface area contributed by atoms with Crippen LogP contribution in [-0.4, -0.2) is 0 Å². The second kappa shape index (κ2) is 16.3. The average molecular weight is 674 g/mol. The molecule has 0 amide bonds. The van der Waals surface area contributed by atoms with Crippen LogP contribution < -0.4 is 31.8 Å². The van der Waals surface area contributed by atoms with Crippen LogP contribution in [0.1, 0.15) is 33.4 Å². The summed E-state index contributed by atoms with van der Waals surface area (Å²) in [6.45, 7) is 12.9. The third-order valence-electron chi connectivity index (χ3n) is 8.04. The molecule has 0 saturated carbocycles. The van der Waals surface area contributed by atoms with E-state index in [2.05, 4.69) is 187 Å². The maximum absolute atomic E-state index is 2.29. The fourth-order valence-electron chi connectivity index (χ4n) is 5.32. The molecule has 0 aliphatic rings. The Labute approximate surface area is 284 Å². The van der Waals surface area contributed by atoms with Crippen molar-refractivity contribution in [3.8, 4) is 0 Å². The molecule has 6 aromatic rings. The van der Waals surface area contributed by atoms with E-state index in [1.807, 2.05) is 0 Å². The van der Waals surface area contributed by atoms with Crippen LogP contribution in [0.3, 0.4) is 0 Å². The molecule has 0 heterocycles. The summed E-state index contributed by atoms with van der Waals surface area (Å²) >= 11 is 0. The van der Waals surface area contributed by atoms with Crippen molar-refractivity contribution < 1.29 is 17.1 Å². The van der Waals surface area contributed by atoms with Gasteiger partial charge in [0.05, 0.1) is 15.8 Å². The molecule has 6 aromatic carbocycles. The summed E-state index contributed by atoms with van der Waals surface area (Å²) in [6.07, 6.45) is 0. The largest absolute Gasteiger partial charge is 0.102 e. The Morgan fingerprint density at radius 2 is 0.333 bits per heavy atom. The second-order valence-corrected chi connectivity index (χ2v) is 16.9. The van der Waals surface area contributed by atoms with E-state index in [4.69, 9.17) is 0 Å². The quantitative estimate of drug-likeness (QED) is 0.124. The number of hydrogen-bond donors (Lipinski definition) is 0. The summed E-state index contributed by atoms with van der Waals surface area (Å²) in [5.74, 6) is 0. The third kappa shape index (κ3) is 9.36. The molecule has 1 radical (unpaired) electrons. The van der Waals surface area contributed by atoms with Crippen LogP contribution in [-0.2, 0) is 17.1 Å².